The minimum absolute atomic E-state index is 0.731. The van der Waals surface area contributed by atoms with Crippen molar-refractivity contribution in [2.45, 2.75) is 0 Å². The Morgan fingerprint density at radius 1 is 0.950 bits per heavy atom. The number of aromatic nitrogens is 1. The molecule has 3 aromatic rings. The molecule has 1 aromatic heterocycles. The van der Waals surface area contributed by atoms with E-state index in [-0.39, 0.29) is 0 Å². The number of benzene rings is 2. The second kappa shape index (κ2) is 5.14. The van der Waals surface area contributed by atoms with Crippen LogP contribution in [0.25, 0.3) is 22.0 Å². The van der Waals surface area contributed by atoms with E-state index in [4.69, 9.17) is 11.6 Å². The van der Waals surface area contributed by atoms with Gasteiger partial charge in [0.1, 0.15) is 5.82 Å². The number of halogens is 1. The molecule has 0 N–H and O–H groups in total. The van der Waals surface area contributed by atoms with E-state index in [9.17, 15) is 0 Å². The van der Waals surface area contributed by atoms with Gasteiger partial charge < -0.3 is 4.90 Å². The number of hydrogen-bond acceptors (Lipinski definition) is 2. The fourth-order valence-electron chi connectivity index (χ4n) is 2.27. The van der Waals surface area contributed by atoms with Crippen LogP contribution in [-0.4, -0.2) is 19.1 Å². The average molecular weight is 283 g/mol. The summed E-state index contributed by atoms with van der Waals surface area (Å²) in [5.74, 6) is 0.943. The Balaban J connectivity index is 2.35. The third-order valence-electron chi connectivity index (χ3n) is 3.30. The van der Waals surface area contributed by atoms with Gasteiger partial charge in [0.2, 0.25) is 0 Å². The zero-order valence-electron chi connectivity index (χ0n) is 11.5. The summed E-state index contributed by atoms with van der Waals surface area (Å²) in [6.45, 7) is 0. The van der Waals surface area contributed by atoms with Crippen molar-refractivity contribution in [3.05, 3.63) is 59.6 Å². The predicted octanol–water partition coefficient (Wildman–Crippen LogP) is 4.62. The molecule has 0 unspecified atom stereocenters. The smallest absolute Gasteiger partial charge is 0.129 e. The first kappa shape index (κ1) is 12.9. The molecule has 20 heavy (non-hydrogen) atoms. The highest BCUT2D eigenvalue weighted by atomic mass is 35.5. The number of rotatable bonds is 2. The Labute approximate surface area is 123 Å². The van der Waals surface area contributed by atoms with E-state index in [1.807, 2.05) is 55.4 Å². The first-order valence-corrected chi connectivity index (χ1v) is 6.86. The molecule has 0 fully saturated rings. The summed E-state index contributed by atoms with van der Waals surface area (Å²) in [6.07, 6.45) is 0. The number of hydrogen-bond donors (Lipinski definition) is 0. The van der Waals surface area contributed by atoms with Gasteiger partial charge in [-0.25, -0.2) is 4.98 Å². The maximum absolute atomic E-state index is 6.14. The van der Waals surface area contributed by atoms with E-state index in [1.54, 1.807) is 0 Å². The molecular formula is C17H15ClN2. The van der Waals surface area contributed by atoms with Crippen molar-refractivity contribution in [1.82, 2.24) is 4.98 Å². The highest BCUT2D eigenvalue weighted by Gasteiger charge is 2.09. The van der Waals surface area contributed by atoms with Crippen LogP contribution in [0, 0.1) is 0 Å². The molecule has 2 aromatic carbocycles. The van der Waals surface area contributed by atoms with Gasteiger partial charge in [-0.1, -0.05) is 41.9 Å². The third kappa shape index (κ3) is 2.35. The maximum Gasteiger partial charge on any atom is 0.129 e. The topological polar surface area (TPSA) is 16.1 Å². The van der Waals surface area contributed by atoms with Crippen molar-refractivity contribution < 1.29 is 0 Å². The summed E-state index contributed by atoms with van der Waals surface area (Å²) in [7, 11) is 4.00. The number of pyridine rings is 1. The summed E-state index contributed by atoms with van der Waals surface area (Å²) in [5, 5.41) is 1.81. The first-order valence-electron chi connectivity index (χ1n) is 6.48. The quantitative estimate of drug-likeness (QED) is 0.682. The molecule has 0 amide bonds. The van der Waals surface area contributed by atoms with Gasteiger partial charge in [0.05, 0.1) is 5.52 Å². The van der Waals surface area contributed by atoms with Crippen molar-refractivity contribution in [2.75, 3.05) is 19.0 Å². The lowest BCUT2D eigenvalue weighted by Gasteiger charge is -2.15. The Morgan fingerprint density at radius 2 is 1.70 bits per heavy atom. The minimum Gasteiger partial charge on any atom is -0.363 e. The van der Waals surface area contributed by atoms with Crippen molar-refractivity contribution in [3.63, 3.8) is 0 Å². The molecule has 0 atom stereocenters. The van der Waals surface area contributed by atoms with Gasteiger partial charge in [-0.05, 0) is 35.4 Å². The van der Waals surface area contributed by atoms with Crippen LogP contribution in [0.2, 0.25) is 5.02 Å². The molecule has 0 saturated carbocycles. The van der Waals surface area contributed by atoms with E-state index in [0.29, 0.717) is 0 Å². The normalized spacial score (nSPS) is 10.8. The summed E-state index contributed by atoms with van der Waals surface area (Å²) in [5.41, 5.74) is 3.28. The molecule has 3 heteroatoms. The standard InChI is InChI=1S/C17H15ClN2/c1-20(2)17-11-14(12-6-4-3-5-7-12)15-10-13(18)8-9-16(15)19-17/h3-11H,1-2H3. The van der Waals surface area contributed by atoms with Crippen LogP contribution in [0.15, 0.2) is 54.6 Å². The maximum atomic E-state index is 6.14. The van der Waals surface area contributed by atoms with E-state index >= 15 is 0 Å². The van der Waals surface area contributed by atoms with E-state index < -0.39 is 0 Å². The first-order chi connectivity index (χ1) is 9.65. The van der Waals surface area contributed by atoms with E-state index in [1.165, 1.54) is 5.56 Å². The zero-order valence-corrected chi connectivity index (χ0v) is 12.2. The van der Waals surface area contributed by atoms with Gasteiger partial charge in [0, 0.05) is 24.5 Å². The molecule has 0 aliphatic rings. The fourth-order valence-corrected chi connectivity index (χ4v) is 2.44. The second-order valence-electron chi connectivity index (χ2n) is 4.95. The number of fused-ring (bicyclic) bond motifs is 1. The van der Waals surface area contributed by atoms with Gasteiger partial charge in [0.25, 0.3) is 0 Å². The minimum atomic E-state index is 0.731. The van der Waals surface area contributed by atoms with Gasteiger partial charge in [-0.2, -0.15) is 0 Å². The van der Waals surface area contributed by atoms with Crippen LogP contribution in [-0.2, 0) is 0 Å². The lowest BCUT2D eigenvalue weighted by molar-refractivity contribution is 1.08. The van der Waals surface area contributed by atoms with Crippen molar-refractivity contribution in [3.8, 4) is 11.1 Å². The van der Waals surface area contributed by atoms with Crippen LogP contribution in [0.3, 0.4) is 0 Å². The Morgan fingerprint density at radius 3 is 2.40 bits per heavy atom. The molecule has 0 aliphatic carbocycles. The zero-order chi connectivity index (χ0) is 14.1. The summed E-state index contributed by atoms with van der Waals surface area (Å²) < 4.78 is 0. The van der Waals surface area contributed by atoms with E-state index in [2.05, 4.69) is 23.2 Å². The lowest BCUT2D eigenvalue weighted by Crippen LogP contribution is -2.10. The molecule has 0 saturated heterocycles. The molecular weight excluding hydrogens is 268 g/mol. The highest BCUT2D eigenvalue weighted by molar-refractivity contribution is 6.31. The fraction of sp³-hybridized carbons (Fsp3) is 0.118. The second-order valence-corrected chi connectivity index (χ2v) is 5.39. The average Bonchev–Trinajstić information content (AvgIpc) is 2.47. The molecule has 0 spiro atoms. The van der Waals surface area contributed by atoms with E-state index in [0.717, 1.165) is 27.3 Å². The number of nitrogens with zero attached hydrogens (tertiary/aromatic N) is 2. The Bertz CT molecular complexity index is 752. The predicted molar refractivity (Wildman–Crippen MR) is 86.5 cm³/mol. The number of anilines is 1. The van der Waals surface area contributed by atoms with Crippen LogP contribution >= 0.6 is 11.6 Å². The third-order valence-corrected chi connectivity index (χ3v) is 3.54. The Hall–Kier alpha value is -2.06. The molecule has 2 nitrogen and oxygen atoms in total. The molecule has 3 rings (SSSR count). The van der Waals surface area contributed by atoms with Crippen LogP contribution < -0.4 is 4.90 Å². The van der Waals surface area contributed by atoms with Crippen LogP contribution in [0.1, 0.15) is 0 Å². The molecule has 100 valence electrons. The molecule has 0 aliphatic heterocycles. The summed E-state index contributed by atoms with van der Waals surface area (Å²) >= 11 is 6.14. The van der Waals surface area contributed by atoms with Crippen molar-refractivity contribution in [1.29, 1.82) is 0 Å². The molecule has 1 heterocycles. The highest BCUT2D eigenvalue weighted by Crippen LogP contribution is 2.32. The lowest BCUT2D eigenvalue weighted by atomic mass is 10.0. The van der Waals surface area contributed by atoms with Crippen molar-refractivity contribution >= 4 is 28.3 Å². The van der Waals surface area contributed by atoms with Crippen LogP contribution in [0.5, 0.6) is 0 Å². The molecule has 0 radical (unpaired) electrons. The van der Waals surface area contributed by atoms with Crippen LogP contribution in [0.4, 0.5) is 5.82 Å². The Kier molecular flexibility index (Phi) is 3.33. The summed E-state index contributed by atoms with van der Waals surface area (Å²) in [4.78, 5) is 6.68. The SMILES string of the molecule is CN(C)c1cc(-c2ccccc2)c2cc(Cl)ccc2n1. The monoisotopic (exact) mass is 282 g/mol. The molecule has 0 bridgehead atoms. The van der Waals surface area contributed by atoms with Gasteiger partial charge >= 0.3 is 0 Å². The van der Waals surface area contributed by atoms with Gasteiger partial charge in [-0.3, -0.25) is 0 Å². The van der Waals surface area contributed by atoms with Gasteiger partial charge in [-0.15, -0.1) is 0 Å². The summed E-state index contributed by atoms with van der Waals surface area (Å²) in [6, 6.07) is 18.3. The van der Waals surface area contributed by atoms with Gasteiger partial charge in [0.15, 0.2) is 0 Å². The largest absolute Gasteiger partial charge is 0.363 e. The van der Waals surface area contributed by atoms with Crippen molar-refractivity contribution in [2.24, 2.45) is 0 Å².